The van der Waals surface area contributed by atoms with Crippen LogP contribution in [0.15, 0.2) is 0 Å². The highest BCUT2D eigenvalue weighted by Crippen LogP contribution is 1.98. The fraction of sp³-hybridized carbons (Fsp3) is 0.875. The number of piperazine rings is 1. The summed E-state index contributed by atoms with van der Waals surface area (Å²) >= 11 is 0.579. The minimum absolute atomic E-state index is 0.579. The second kappa shape index (κ2) is 5.45. The van der Waals surface area contributed by atoms with Gasteiger partial charge in [0.25, 0.3) is 0 Å². The van der Waals surface area contributed by atoms with Crippen LogP contribution in [0.2, 0.25) is 0 Å². The molecule has 0 amide bonds. The van der Waals surface area contributed by atoms with E-state index in [0.29, 0.717) is 11.3 Å². The highest BCUT2D eigenvalue weighted by atomic mass is 32.1. The van der Waals surface area contributed by atoms with Crippen LogP contribution >= 0.6 is 0 Å². The van der Waals surface area contributed by atoms with E-state index >= 15 is 0 Å². The molecule has 1 heterocycles. The van der Waals surface area contributed by atoms with Crippen LogP contribution in [-0.2, 0) is 11.3 Å². The quantitative estimate of drug-likeness (QED) is 0.565. The maximum Gasteiger partial charge on any atom is 0.0841 e. The lowest BCUT2D eigenvalue weighted by Crippen LogP contribution is -2.44. The molecule has 3 nitrogen and oxygen atoms in total. The average Bonchev–Trinajstić information content (AvgIpc) is 2.09. The van der Waals surface area contributed by atoms with E-state index in [0.717, 1.165) is 39.1 Å². The van der Waals surface area contributed by atoms with Crippen LogP contribution in [0.4, 0.5) is 0 Å². The fourth-order valence-corrected chi connectivity index (χ4v) is 1.56. The molecule has 0 aromatic rings. The minimum atomic E-state index is 0.579. The van der Waals surface area contributed by atoms with Crippen molar-refractivity contribution in [2.45, 2.75) is 6.42 Å². The second-order valence-electron chi connectivity index (χ2n) is 3.20. The van der Waals surface area contributed by atoms with E-state index in [1.807, 2.05) is 0 Å². The first-order chi connectivity index (χ1) is 5.83. The number of likely N-dealkylation sites (N-methyl/N-ethyl adjacent to an activating group) is 1. The molecule has 1 rings (SSSR count). The molecular weight excluding hydrogens is 172 g/mol. The summed E-state index contributed by atoms with van der Waals surface area (Å²) in [5.41, 5.74) is 0. The van der Waals surface area contributed by atoms with Crippen LogP contribution in [-0.4, -0.2) is 59.1 Å². The van der Waals surface area contributed by atoms with Crippen molar-refractivity contribution in [2.75, 3.05) is 39.8 Å². The molecule has 0 aliphatic carbocycles. The van der Waals surface area contributed by atoms with Gasteiger partial charge in [0.1, 0.15) is 0 Å². The van der Waals surface area contributed by atoms with Crippen molar-refractivity contribution in [3.8, 4) is 0 Å². The third-order valence-electron chi connectivity index (χ3n) is 2.23. The normalized spacial score (nSPS) is 20.8. The summed E-state index contributed by atoms with van der Waals surface area (Å²) < 4.78 is 10.1. The Hall–Kier alpha value is -0.190. The Morgan fingerprint density at radius 2 is 2.00 bits per heavy atom. The topological polar surface area (TPSA) is 23.6 Å². The van der Waals surface area contributed by atoms with E-state index in [9.17, 15) is 4.21 Å². The maximum absolute atomic E-state index is 10.1. The first-order valence-electron chi connectivity index (χ1n) is 4.34. The van der Waals surface area contributed by atoms with E-state index in [-0.39, 0.29) is 0 Å². The Balaban J connectivity index is 2.13. The van der Waals surface area contributed by atoms with Gasteiger partial charge in [0, 0.05) is 38.1 Å². The number of hydrogen-bond donors (Lipinski definition) is 0. The highest BCUT2D eigenvalue weighted by molar-refractivity contribution is 7.64. The van der Waals surface area contributed by atoms with E-state index in [4.69, 9.17) is 0 Å². The van der Waals surface area contributed by atoms with Gasteiger partial charge < -0.3 is 9.80 Å². The van der Waals surface area contributed by atoms with Crippen molar-refractivity contribution >= 4 is 16.6 Å². The lowest BCUT2D eigenvalue weighted by molar-refractivity contribution is 0.158. The van der Waals surface area contributed by atoms with Gasteiger partial charge >= 0.3 is 0 Å². The molecule has 70 valence electrons. The van der Waals surface area contributed by atoms with E-state index in [1.165, 1.54) is 0 Å². The third kappa shape index (κ3) is 3.47. The Kier molecular flexibility index (Phi) is 4.50. The summed E-state index contributed by atoms with van der Waals surface area (Å²) in [6.45, 7) is 5.65. The summed E-state index contributed by atoms with van der Waals surface area (Å²) in [5.74, 6) is 0. The third-order valence-corrected chi connectivity index (χ3v) is 2.60. The Morgan fingerprint density at radius 3 is 2.58 bits per heavy atom. The van der Waals surface area contributed by atoms with Gasteiger partial charge in [-0.15, -0.1) is 0 Å². The van der Waals surface area contributed by atoms with Crippen LogP contribution < -0.4 is 0 Å². The molecule has 4 heteroatoms. The first-order valence-corrected chi connectivity index (χ1v) is 5.14. The van der Waals surface area contributed by atoms with Crippen LogP contribution in [0.5, 0.6) is 0 Å². The summed E-state index contributed by atoms with van der Waals surface area (Å²) in [4.78, 5) is 4.75. The molecule has 0 unspecified atom stereocenters. The SMILES string of the molecule is CN1CCN(CCC=S=O)CC1. The number of rotatable bonds is 3. The van der Waals surface area contributed by atoms with Gasteiger partial charge in [0.05, 0.1) is 11.3 Å². The second-order valence-corrected chi connectivity index (χ2v) is 3.72. The lowest BCUT2D eigenvalue weighted by Gasteiger charge is -2.31. The molecular formula is C8H16N2OS. The molecule has 0 aromatic carbocycles. The zero-order chi connectivity index (χ0) is 8.81. The molecule has 12 heavy (non-hydrogen) atoms. The lowest BCUT2D eigenvalue weighted by atomic mass is 10.3. The summed E-state index contributed by atoms with van der Waals surface area (Å²) in [5, 5.41) is 1.73. The van der Waals surface area contributed by atoms with Gasteiger partial charge in [-0.1, -0.05) is 0 Å². The number of nitrogens with zero attached hydrogens (tertiary/aromatic N) is 2. The predicted octanol–water partition coefficient (Wildman–Crippen LogP) is -0.361. The predicted molar refractivity (Wildman–Crippen MR) is 52.8 cm³/mol. The Morgan fingerprint density at radius 1 is 1.33 bits per heavy atom. The van der Waals surface area contributed by atoms with Crippen molar-refractivity contribution in [1.29, 1.82) is 0 Å². The first kappa shape index (κ1) is 9.89. The Labute approximate surface area is 77.4 Å². The van der Waals surface area contributed by atoms with Crippen LogP contribution in [0.25, 0.3) is 0 Å². The highest BCUT2D eigenvalue weighted by Gasteiger charge is 2.11. The van der Waals surface area contributed by atoms with Crippen LogP contribution in [0.1, 0.15) is 6.42 Å². The minimum Gasteiger partial charge on any atom is -0.304 e. The van der Waals surface area contributed by atoms with Gasteiger partial charge in [-0.2, -0.15) is 0 Å². The smallest absolute Gasteiger partial charge is 0.0841 e. The van der Waals surface area contributed by atoms with Crippen LogP contribution in [0, 0.1) is 0 Å². The molecule has 0 bridgehead atoms. The van der Waals surface area contributed by atoms with E-state index in [2.05, 4.69) is 16.8 Å². The fourth-order valence-electron chi connectivity index (χ4n) is 1.35. The largest absolute Gasteiger partial charge is 0.304 e. The molecule has 0 N–H and O–H groups in total. The molecule has 0 aromatic heterocycles. The van der Waals surface area contributed by atoms with E-state index in [1.54, 1.807) is 5.37 Å². The zero-order valence-electron chi connectivity index (χ0n) is 7.53. The summed E-state index contributed by atoms with van der Waals surface area (Å²) in [6.07, 6.45) is 0.915. The molecule has 1 aliphatic heterocycles. The molecule has 1 aliphatic rings. The molecule has 0 saturated carbocycles. The standard InChI is InChI=1S/C8H16N2OS/c1-9-4-6-10(7-5-9)3-2-8-12-11/h8H,2-7H2,1H3. The molecule has 1 fully saturated rings. The molecule has 1 saturated heterocycles. The summed E-state index contributed by atoms with van der Waals surface area (Å²) in [6, 6.07) is 0. The maximum atomic E-state index is 10.1. The van der Waals surface area contributed by atoms with Crippen molar-refractivity contribution in [3.05, 3.63) is 0 Å². The Bertz CT molecular complexity index is 172. The monoisotopic (exact) mass is 188 g/mol. The van der Waals surface area contributed by atoms with E-state index < -0.39 is 0 Å². The van der Waals surface area contributed by atoms with Crippen molar-refractivity contribution in [3.63, 3.8) is 0 Å². The number of hydrogen-bond acceptors (Lipinski definition) is 3. The molecule has 0 atom stereocenters. The van der Waals surface area contributed by atoms with Gasteiger partial charge in [0.15, 0.2) is 0 Å². The van der Waals surface area contributed by atoms with Gasteiger partial charge in [0.2, 0.25) is 0 Å². The molecule has 0 spiro atoms. The molecule has 0 radical (unpaired) electrons. The van der Waals surface area contributed by atoms with Crippen molar-refractivity contribution in [2.24, 2.45) is 0 Å². The summed E-state index contributed by atoms with van der Waals surface area (Å²) in [7, 11) is 2.15. The van der Waals surface area contributed by atoms with Gasteiger partial charge in [-0.3, -0.25) is 0 Å². The van der Waals surface area contributed by atoms with Crippen molar-refractivity contribution in [1.82, 2.24) is 9.80 Å². The van der Waals surface area contributed by atoms with Crippen LogP contribution in [0.3, 0.4) is 0 Å². The van der Waals surface area contributed by atoms with Gasteiger partial charge in [-0.05, 0) is 13.5 Å². The van der Waals surface area contributed by atoms with Gasteiger partial charge in [-0.25, -0.2) is 4.21 Å². The van der Waals surface area contributed by atoms with Crippen molar-refractivity contribution < 1.29 is 4.21 Å². The average molecular weight is 188 g/mol. The zero-order valence-corrected chi connectivity index (χ0v) is 8.35.